The lowest BCUT2D eigenvalue weighted by Gasteiger charge is -2.44. The van der Waals surface area contributed by atoms with Gasteiger partial charge in [0.05, 0.1) is 30.0 Å². The number of thiophene rings is 1. The van der Waals surface area contributed by atoms with Crippen LogP contribution < -0.4 is 5.73 Å². The number of hydrogen-bond acceptors (Lipinski definition) is 7. The van der Waals surface area contributed by atoms with Gasteiger partial charge in [-0.05, 0) is 23.9 Å². The standard InChI is InChI=1S/C19H17N5O2S/c1-2-26-18(25)24-6-5-12-13(8-20)17(23)19(10-21,11-22)16(14(12)9-24)15-4-3-7-27-15/h3-5,7,14,16H,2,6,9,23H2,1H3/t14?,16-/m0/s1. The molecule has 0 spiro atoms. The monoisotopic (exact) mass is 379 g/mol. The van der Waals surface area contributed by atoms with Gasteiger partial charge in [-0.25, -0.2) is 4.79 Å². The highest BCUT2D eigenvalue weighted by Gasteiger charge is 2.55. The molecule has 2 aliphatic rings. The largest absolute Gasteiger partial charge is 0.450 e. The second kappa shape index (κ2) is 7.15. The van der Waals surface area contributed by atoms with Crippen LogP contribution in [0.2, 0.25) is 0 Å². The van der Waals surface area contributed by atoms with Gasteiger partial charge in [-0.3, -0.25) is 0 Å². The zero-order chi connectivity index (χ0) is 19.6. The van der Waals surface area contributed by atoms with Crippen molar-refractivity contribution in [3.05, 3.63) is 45.3 Å². The maximum absolute atomic E-state index is 12.2. The average Bonchev–Trinajstić information content (AvgIpc) is 3.21. The molecule has 0 aromatic carbocycles. The van der Waals surface area contributed by atoms with E-state index in [4.69, 9.17) is 10.5 Å². The smallest absolute Gasteiger partial charge is 0.410 e. The van der Waals surface area contributed by atoms with Crippen LogP contribution in [-0.4, -0.2) is 30.7 Å². The molecular weight excluding hydrogens is 362 g/mol. The van der Waals surface area contributed by atoms with Crippen LogP contribution in [0.5, 0.6) is 0 Å². The van der Waals surface area contributed by atoms with E-state index >= 15 is 0 Å². The third-order valence-corrected chi connectivity index (χ3v) is 6.00. The summed E-state index contributed by atoms with van der Waals surface area (Å²) in [7, 11) is 0. The quantitative estimate of drug-likeness (QED) is 0.841. The molecule has 2 atom stereocenters. The van der Waals surface area contributed by atoms with Gasteiger partial charge in [-0.1, -0.05) is 12.1 Å². The van der Waals surface area contributed by atoms with Crippen molar-refractivity contribution in [1.29, 1.82) is 15.8 Å². The third-order valence-electron chi connectivity index (χ3n) is 5.04. The summed E-state index contributed by atoms with van der Waals surface area (Å²) in [5.41, 5.74) is 5.38. The predicted molar refractivity (Wildman–Crippen MR) is 97.7 cm³/mol. The first kappa shape index (κ1) is 18.5. The molecule has 1 aromatic heterocycles. The number of ether oxygens (including phenoxy) is 1. The van der Waals surface area contributed by atoms with Gasteiger partial charge in [0.1, 0.15) is 6.07 Å². The minimum absolute atomic E-state index is 0.0134. The van der Waals surface area contributed by atoms with Crippen LogP contribution in [-0.2, 0) is 4.74 Å². The van der Waals surface area contributed by atoms with Gasteiger partial charge >= 0.3 is 6.09 Å². The first-order chi connectivity index (χ1) is 13.0. The van der Waals surface area contributed by atoms with E-state index in [1.807, 2.05) is 17.5 Å². The number of carbonyl (C=O) groups excluding carboxylic acids is 1. The zero-order valence-electron chi connectivity index (χ0n) is 14.7. The summed E-state index contributed by atoms with van der Waals surface area (Å²) in [5, 5.41) is 31.4. The summed E-state index contributed by atoms with van der Waals surface area (Å²) >= 11 is 1.42. The molecule has 27 heavy (non-hydrogen) atoms. The number of carbonyl (C=O) groups is 1. The molecule has 0 fully saturated rings. The molecule has 2 heterocycles. The fourth-order valence-corrected chi connectivity index (χ4v) is 4.78. The second-order valence-electron chi connectivity index (χ2n) is 6.30. The lowest BCUT2D eigenvalue weighted by molar-refractivity contribution is 0.100. The minimum Gasteiger partial charge on any atom is -0.450 e. The maximum atomic E-state index is 12.2. The predicted octanol–water partition coefficient (Wildman–Crippen LogP) is 2.63. The van der Waals surface area contributed by atoms with Gasteiger partial charge in [0.15, 0.2) is 5.41 Å². The van der Waals surface area contributed by atoms with E-state index in [-0.39, 0.29) is 31.0 Å². The van der Waals surface area contributed by atoms with E-state index in [2.05, 4.69) is 18.2 Å². The van der Waals surface area contributed by atoms with Gasteiger partial charge in [-0.15, -0.1) is 11.3 Å². The molecule has 0 saturated carbocycles. The molecule has 2 N–H and O–H groups in total. The van der Waals surface area contributed by atoms with Gasteiger partial charge in [-0.2, -0.15) is 15.8 Å². The highest BCUT2D eigenvalue weighted by Crippen LogP contribution is 2.54. The number of nitriles is 3. The molecule has 1 amide bonds. The Labute approximate surface area is 161 Å². The molecular formula is C19H17N5O2S. The summed E-state index contributed by atoms with van der Waals surface area (Å²) in [4.78, 5) is 14.6. The molecule has 1 aromatic rings. The first-order valence-corrected chi connectivity index (χ1v) is 9.30. The summed E-state index contributed by atoms with van der Waals surface area (Å²) in [6.07, 6.45) is 1.31. The highest BCUT2D eigenvalue weighted by atomic mass is 32.1. The molecule has 7 nitrogen and oxygen atoms in total. The van der Waals surface area contributed by atoms with Crippen molar-refractivity contribution in [3.63, 3.8) is 0 Å². The van der Waals surface area contributed by atoms with Crippen LogP contribution >= 0.6 is 11.3 Å². The van der Waals surface area contributed by atoms with Crippen LogP contribution in [0.4, 0.5) is 4.79 Å². The van der Waals surface area contributed by atoms with Crippen molar-refractivity contribution >= 4 is 17.4 Å². The number of amides is 1. The fraction of sp³-hybridized carbons (Fsp3) is 0.368. The zero-order valence-corrected chi connectivity index (χ0v) is 15.5. The van der Waals surface area contributed by atoms with Crippen LogP contribution in [0, 0.1) is 45.3 Å². The van der Waals surface area contributed by atoms with E-state index in [0.717, 1.165) is 4.88 Å². The number of nitrogens with two attached hydrogens (primary N) is 1. The number of fused-ring (bicyclic) bond motifs is 1. The summed E-state index contributed by atoms with van der Waals surface area (Å²) in [6, 6.07) is 9.90. The number of hydrogen-bond donors (Lipinski definition) is 1. The summed E-state index contributed by atoms with van der Waals surface area (Å²) < 4.78 is 5.09. The Kier molecular flexibility index (Phi) is 4.90. The van der Waals surface area contributed by atoms with E-state index in [0.29, 0.717) is 5.57 Å². The van der Waals surface area contributed by atoms with Crippen molar-refractivity contribution in [3.8, 4) is 18.2 Å². The normalized spacial score (nSPS) is 23.3. The van der Waals surface area contributed by atoms with E-state index < -0.39 is 23.3 Å². The highest BCUT2D eigenvalue weighted by molar-refractivity contribution is 7.10. The third kappa shape index (κ3) is 2.73. The van der Waals surface area contributed by atoms with Gasteiger partial charge in [0, 0.05) is 29.8 Å². The Morgan fingerprint density at radius 2 is 2.19 bits per heavy atom. The van der Waals surface area contributed by atoms with Crippen LogP contribution in [0.25, 0.3) is 0 Å². The fourth-order valence-electron chi connectivity index (χ4n) is 3.82. The maximum Gasteiger partial charge on any atom is 0.410 e. The van der Waals surface area contributed by atoms with Crippen LogP contribution in [0.1, 0.15) is 17.7 Å². The van der Waals surface area contributed by atoms with Crippen molar-refractivity contribution in [2.45, 2.75) is 12.8 Å². The first-order valence-electron chi connectivity index (χ1n) is 8.42. The number of rotatable bonds is 2. The summed E-state index contributed by atoms with van der Waals surface area (Å²) in [6.45, 7) is 2.51. The Bertz CT molecular complexity index is 928. The lowest BCUT2D eigenvalue weighted by atomic mass is 9.59. The molecule has 3 rings (SSSR count). The van der Waals surface area contributed by atoms with Crippen molar-refractivity contribution in [2.24, 2.45) is 17.1 Å². The van der Waals surface area contributed by atoms with Crippen LogP contribution in [0.3, 0.4) is 0 Å². The molecule has 1 aliphatic heterocycles. The Morgan fingerprint density at radius 3 is 2.74 bits per heavy atom. The molecule has 136 valence electrons. The van der Waals surface area contributed by atoms with Gasteiger partial charge in [0.25, 0.3) is 0 Å². The number of allylic oxidation sites excluding steroid dienone is 2. The summed E-state index contributed by atoms with van der Waals surface area (Å²) in [5.74, 6) is -0.976. The van der Waals surface area contributed by atoms with Crippen molar-refractivity contribution < 1.29 is 9.53 Å². The Morgan fingerprint density at radius 1 is 1.44 bits per heavy atom. The Hall–Kier alpha value is -3.28. The SMILES string of the molecule is CCOC(=O)N1CC=C2C(C#N)=C(N)C(C#N)(C#N)[C@H](c3cccs3)C2C1. The molecule has 1 aliphatic carbocycles. The molecule has 0 radical (unpaired) electrons. The second-order valence-corrected chi connectivity index (χ2v) is 7.27. The minimum atomic E-state index is -1.67. The molecule has 0 bridgehead atoms. The van der Waals surface area contributed by atoms with Gasteiger partial charge in [0.2, 0.25) is 0 Å². The average molecular weight is 379 g/mol. The van der Waals surface area contributed by atoms with Crippen molar-refractivity contribution in [1.82, 2.24) is 4.90 Å². The number of nitrogens with zero attached hydrogens (tertiary/aromatic N) is 4. The van der Waals surface area contributed by atoms with Crippen molar-refractivity contribution in [2.75, 3.05) is 19.7 Å². The molecule has 1 unspecified atom stereocenters. The Balaban J connectivity index is 2.20. The van der Waals surface area contributed by atoms with Gasteiger partial charge < -0.3 is 15.4 Å². The van der Waals surface area contributed by atoms with Crippen LogP contribution in [0.15, 0.2) is 40.4 Å². The lowest BCUT2D eigenvalue weighted by Crippen LogP contribution is -2.49. The molecule has 8 heteroatoms. The molecule has 0 saturated heterocycles. The van der Waals surface area contributed by atoms with E-state index in [9.17, 15) is 20.6 Å². The van der Waals surface area contributed by atoms with E-state index in [1.54, 1.807) is 13.0 Å². The van der Waals surface area contributed by atoms with E-state index in [1.165, 1.54) is 16.2 Å². The topological polar surface area (TPSA) is 127 Å².